The van der Waals surface area contributed by atoms with Crippen molar-refractivity contribution in [3.8, 4) is 0 Å². The Hall–Kier alpha value is -0.780. The second-order valence-electron chi connectivity index (χ2n) is 4.67. The summed E-state index contributed by atoms with van der Waals surface area (Å²) in [5.41, 5.74) is 0. The maximum atomic E-state index is 11.9. The molecule has 0 rings (SSSR count). The highest BCUT2D eigenvalue weighted by atomic mass is 32.2. The van der Waals surface area contributed by atoms with Crippen LogP contribution in [0.1, 0.15) is 40.0 Å². The lowest BCUT2D eigenvalue weighted by molar-refractivity contribution is 0.187. The van der Waals surface area contributed by atoms with Crippen molar-refractivity contribution in [2.24, 2.45) is 0 Å². The van der Waals surface area contributed by atoms with E-state index in [9.17, 15) is 13.2 Å². The lowest BCUT2D eigenvalue weighted by Gasteiger charge is -2.27. The van der Waals surface area contributed by atoms with E-state index in [2.05, 4.69) is 12.2 Å². The summed E-state index contributed by atoms with van der Waals surface area (Å²) in [6, 6.07) is -0.471. The fraction of sp³-hybridized carbons (Fsp3) is 0.917. The number of hydrogen-bond acceptors (Lipinski definition) is 3. The SMILES string of the molecule is CCCCCNC(=O)N(CC)[C@H](C)CS(C)(=O)=O. The largest absolute Gasteiger partial charge is 0.338 e. The molecule has 5 nitrogen and oxygen atoms in total. The molecule has 0 aromatic heterocycles. The molecule has 0 bridgehead atoms. The number of carbonyl (C=O) groups excluding carboxylic acids is 1. The van der Waals surface area contributed by atoms with Crippen LogP contribution in [0.3, 0.4) is 0 Å². The third kappa shape index (κ3) is 7.53. The monoisotopic (exact) mass is 278 g/mol. The summed E-state index contributed by atoms with van der Waals surface area (Å²) in [5.74, 6) is 0.00319. The zero-order valence-corrected chi connectivity index (χ0v) is 12.7. The highest BCUT2D eigenvalue weighted by Gasteiger charge is 2.21. The van der Waals surface area contributed by atoms with Crippen LogP contribution in [-0.4, -0.2) is 50.5 Å². The number of urea groups is 1. The van der Waals surface area contributed by atoms with E-state index < -0.39 is 9.84 Å². The highest BCUT2D eigenvalue weighted by Crippen LogP contribution is 2.03. The van der Waals surface area contributed by atoms with Crippen molar-refractivity contribution in [2.45, 2.75) is 46.1 Å². The molecule has 0 aliphatic rings. The molecule has 2 amide bonds. The van der Waals surface area contributed by atoms with Crippen LogP contribution in [0.4, 0.5) is 4.79 Å². The van der Waals surface area contributed by atoms with Gasteiger partial charge in [0.2, 0.25) is 0 Å². The van der Waals surface area contributed by atoms with Gasteiger partial charge in [-0.25, -0.2) is 13.2 Å². The first-order valence-corrected chi connectivity index (χ1v) is 8.60. The Labute approximate surface area is 111 Å². The first kappa shape index (κ1) is 17.2. The molecule has 0 spiro atoms. The van der Waals surface area contributed by atoms with Crippen LogP contribution in [0.2, 0.25) is 0 Å². The molecule has 0 aliphatic heterocycles. The van der Waals surface area contributed by atoms with Gasteiger partial charge in [0.25, 0.3) is 0 Å². The molecule has 0 heterocycles. The Morgan fingerprint density at radius 1 is 1.28 bits per heavy atom. The molecule has 0 aromatic rings. The number of nitrogens with one attached hydrogen (secondary N) is 1. The second kappa shape index (κ2) is 8.34. The number of unbranched alkanes of at least 4 members (excludes halogenated alkanes) is 2. The van der Waals surface area contributed by atoms with E-state index in [4.69, 9.17) is 0 Å². The summed E-state index contributed by atoms with van der Waals surface area (Å²) < 4.78 is 22.5. The van der Waals surface area contributed by atoms with Gasteiger partial charge in [0.15, 0.2) is 0 Å². The summed E-state index contributed by atoms with van der Waals surface area (Å²) in [7, 11) is -3.06. The molecule has 0 radical (unpaired) electrons. The average Bonchev–Trinajstić information content (AvgIpc) is 2.23. The van der Waals surface area contributed by atoms with Gasteiger partial charge in [-0.3, -0.25) is 0 Å². The van der Waals surface area contributed by atoms with E-state index in [1.807, 2.05) is 6.92 Å². The summed E-state index contributed by atoms with van der Waals surface area (Å²) >= 11 is 0. The molecular weight excluding hydrogens is 252 g/mol. The molecule has 0 aliphatic carbocycles. The number of carbonyl (C=O) groups is 1. The number of sulfone groups is 1. The van der Waals surface area contributed by atoms with Crippen molar-refractivity contribution in [1.29, 1.82) is 0 Å². The standard InChI is InChI=1S/C12H26N2O3S/c1-5-7-8-9-13-12(15)14(6-2)11(3)10-18(4,16)17/h11H,5-10H2,1-4H3,(H,13,15)/t11-/m1/s1. The van der Waals surface area contributed by atoms with Crippen molar-refractivity contribution in [3.63, 3.8) is 0 Å². The van der Waals surface area contributed by atoms with Gasteiger partial charge < -0.3 is 10.2 Å². The van der Waals surface area contributed by atoms with Gasteiger partial charge in [-0.15, -0.1) is 0 Å². The van der Waals surface area contributed by atoms with Gasteiger partial charge in [-0.05, 0) is 20.3 Å². The minimum atomic E-state index is -3.06. The van der Waals surface area contributed by atoms with Gasteiger partial charge in [0, 0.05) is 25.4 Å². The molecule has 0 saturated heterocycles. The average molecular weight is 278 g/mol. The summed E-state index contributed by atoms with van der Waals surface area (Å²) in [4.78, 5) is 13.4. The zero-order chi connectivity index (χ0) is 14.2. The van der Waals surface area contributed by atoms with Crippen LogP contribution in [0, 0.1) is 0 Å². The Kier molecular flexibility index (Phi) is 7.98. The number of rotatable bonds is 8. The number of hydrogen-bond donors (Lipinski definition) is 1. The van der Waals surface area contributed by atoms with Crippen LogP contribution in [0.5, 0.6) is 0 Å². The Morgan fingerprint density at radius 3 is 2.33 bits per heavy atom. The molecule has 1 atom stereocenters. The van der Waals surface area contributed by atoms with Crippen LogP contribution in [-0.2, 0) is 9.84 Å². The van der Waals surface area contributed by atoms with Crippen LogP contribution >= 0.6 is 0 Å². The van der Waals surface area contributed by atoms with E-state index in [0.29, 0.717) is 13.1 Å². The van der Waals surface area contributed by atoms with Crippen LogP contribution in [0.25, 0.3) is 0 Å². The molecule has 0 aromatic carbocycles. The third-order valence-electron chi connectivity index (χ3n) is 2.73. The minimum absolute atomic E-state index is 0.00319. The van der Waals surface area contributed by atoms with Gasteiger partial charge in [0.1, 0.15) is 9.84 Å². The van der Waals surface area contributed by atoms with Crippen molar-refractivity contribution in [1.82, 2.24) is 10.2 Å². The van der Waals surface area contributed by atoms with E-state index in [1.165, 1.54) is 6.26 Å². The van der Waals surface area contributed by atoms with E-state index in [-0.39, 0.29) is 17.8 Å². The van der Waals surface area contributed by atoms with E-state index in [0.717, 1.165) is 19.3 Å². The van der Waals surface area contributed by atoms with Gasteiger partial charge in [-0.1, -0.05) is 19.8 Å². The topological polar surface area (TPSA) is 66.5 Å². The summed E-state index contributed by atoms with van der Waals surface area (Å²) in [6.07, 6.45) is 4.35. The normalized spacial score (nSPS) is 13.1. The van der Waals surface area contributed by atoms with Crippen molar-refractivity contribution < 1.29 is 13.2 Å². The van der Waals surface area contributed by atoms with Gasteiger partial charge in [0.05, 0.1) is 5.75 Å². The summed E-state index contributed by atoms with van der Waals surface area (Å²) in [5, 5.41) is 2.83. The Bertz CT molecular complexity index is 341. The van der Waals surface area contributed by atoms with E-state index in [1.54, 1.807) is 11.8 Å². The lowest BCUT2D eigenvalue weighted by Crippen LogP contribution is -2.47. The minimum Gasteiger partial charge on any atom is -0.338 e. The quantitative estimate of drug-likeness (QED) is 0.686. The predicted octanol–water partition coefficient (Wildman–Crippen LogP) is 1.64. The van der Waals surface area contributed by atoms with Crippen molar-refractivity contribution in [3.05, 3.63) is 0 Å². The number of amides is 2. The predicted molar refractivity (Wildman–Crippen MR) is 74.5 cm³/mol. The third-order valence-corrected chi connectivity index (χ3v) is 3.82. The fourth-order valence-corrected chi connectivity index (χ4v) is 2.91. The smallest absolute Gasteiger partial charge is 0.317 e. The van der Waals surface area contributed by atoms with Gasteiger partial charge >= 0.3 is 6.03 Å². The molecule has 0 unspecified atom stereocenters. The molecule has 18 heavy (non-hydrogen) atoms. The maximum absolute atomic E-state index is 11.9. The zero-order valence-electron chi connectivity index (χ0n) is 11.9. The second-order valence-corrected chi connectivity index (χ2v) is 6.85. The first-order valence-electron chi connectivity index (χ1n) is 6.54. The Balaban J connectivity index is 4.26. The van der Waals surface area contributed by atoms with Crippen LogP contribution < -0.4 is 5.32 Å². The van der Waals surface area contributed by atoms with Crippen molar-refractivity contribution >= 4 is 15.9 Å². The Morgan fingerprint density at radius 2 is 1.89 bits per heavy atom. The fourth-order valence-electron chi connectivity index (χ4n) is 1.86. The molecule has 108 valence electrons. The lowest BCUT2D eigenvalue weighted by atomic mass is 10.2. The van der Waals surface area contributed by atoms with E-state index >= 15 is 0 Å². The highest BCUT2D eigenvalue weighted by molar-refractivity contribution is 7.90. The molecule has 0 fully saturated rings. The van der Waals surface area contributed by atoms with Crippen LogP contribution in [0.15, 0.2) is 0 Å². The molecule has 1 N–H and O–H groups in total. The molecule has 6 heteroatoms. The number of nitrogens with zero attached hydrogens (tertiary/aromatic N) is 1. The van der Waals surface area contributed by atoms with Crippen molar-refractivity contribution in [2.75, 3.05) is 25.1 Å². The molecule has 0 saturated carbocycles. The molecular formula is C12H26N2O3S. The van der Waals surface area contributed by atoms with Gasteiger partial charge in [-0.2, -0.15) is 0 Å². The maximum Gasteiger partial charge on any atom is 0.317 e. The summed E-state index contributed by atoms with van der Waals surface area (Å²) in [6.45, 7) is 6.87. The first-order chi connectivity index (χ1) is 8.31.